The van der Waals surface area contributed by atoms with E-state index in [9.17, 15) is 5.11 Å². The fourth-order valence-electron chi connectivity index (χ4n) is 3.56. The molecule has 0 aliphatic heterocycles. The molecule has 2 atom stereocenters. The molecule has 1 fully saturated rings. The molecule has 1 N–H and O–H groups in total. The van der Waals surface area contributed by atoms with Crippen LogP contribution in [0.3, 0.4) is 0 Å². The quantitative estimate of drug-likeness (QED) is 0.572. The van der Waals surface area contributed by atoms with E-state index in [0.29, 0.717) is 18.2 Å². The Kier molecular flexibility index (Phi) is 6.73. The summed E-state index contributed by atoms with van der Waals surface area (Å²) in [7, 11) is 0. The molecule has 20 heavy (non-hydrogen) atoms. The van der Waals surface area contributed by atoms with Crippen molar-refractivity contribution in [2.45, 2.75) is 56.3 Å². The normalized spacial score (nSPS) is 19.8. The Morgan fingerprint density at radius 3 is 2.55 bits per heavy atom. The highest BCUT2D eigenvalue weighted by atomic mass is 35.5. The Bertz CT molecular complexity index is 404. The van der Waals surface area contributed by atoms with Crippen molar-refractivity contribution in [1.82, 2.24) is 0 Å². The third-order valence-electron chi connectivity index (χ3n) is 4.56. The van der Waals surface area contributed by atoms with Crippen molar-refractivity contribution in [1.29, 1.82) is 0 Å². The summed E-state index contributed by atoms with van der Waals surface area (Å²) < 4.78 is 0. The molecule has 112 valence electrons. The zero-order valence-corrected chi connectivity index (χ0v) is 13.6. The minimum Gasteiger partial charge on any atom is -0.392 e. The molecule has 1 aliphatic carbocycles. The van der Waals surface area contributed by atoms with Crippen LogP contribution in [0.5, 0.6) is 0 Å². The van der Waals surface area contributed by atoms with Crippen molar-refractivity contribution >= 4 is 24.2 Å². The second-order valence-electron chi connectivity index (χ2n) is 5.83. The van der Waals surface area contributed by atoms with Gasteiger partial charge in [0.05, 0.1) is 6.10 Å². The number of aliphatic hydroxyl groups excluding tert-OH is 1. The van der Waals surface area contributed by atoms with Gasteiger partial charge in [0.25, 0.3) is 0 Å². The van der Waals surface area contributed by atoms with Crippen LogP contribution in [-0.4, -0.2) is 17.1 Å². The predicted molar refractivity (Wildman–Crippen MR) is 89.8 cm³/mol. The lowest BCUT2D eigenvalue weighted by molar-refractivity contribution is 0.0980. The minimum atomic E-state index is -0.336. The lowest BCUT2D eigenvalue weighted by Gasteiger charge is -2.35. The van der Waals surface area contributed by atoms with Crippen LogP contribution in [0.4, 0.5) is 0 Å². The molecular formula is C17H25ClOS. The lowest BCUT2D eigenvalue weighted by atomic mass is 9.73. The van der Waals surface area contributed by atoms with E-state index in [1.54, 1.807) is 0 Å². The topological polar surface area (TPSA) is 20.2 Å². The van der Waals surface area contributed by atoms with Crippen molar-refractivity contribution in [2.24, 2.45) is 5.92 Å². The van der Waals surface area contributed by atoms with E-state index >= 15 is 0 Å². The van der Waals surface area contributed by atoms with Gasteiger partial charge < -0.3 is 5.11 Å². The molecule has 0 aromatic heterocycles. The van der Waals surface area contributed by atoms with Crippen LogP contribution in [0.25, 0.3) is 0 Å². The van der Waals surface area contributed by atoms with Gasteiger partial charge in [-0.25, -0.2) is 0 Å². The van der Waals surface area contributed by atoms with Gasteiger partial charge in [0, 0.05) is 17.6 Å². The fraction of sp³-hybridized carbons (Fsp3) is 0.647. The highest BCUT2D eigenvalue weighted by molar-refractivity contribution is 7.79. The zero-order valence-electron chi connectivity index (χ0n) is 12.0. The number of hydrogen-bond acceptors (Lipinski definition) is 2. The standard InChI is InChI=1S/C17H25ClOS/c18-11-10-16(19)17(13-6-2-1-3-7-13)15-9-5-4-8-14(15)12-20/h4-5,8-9,13,16-17,19-20H,1-3,6-7,10-12H2. The number of rotatable bonds is 6. The molecule has 1 saturated carbocycles. The highest BCUT2D eigenvalue weighted by Crippen LogP contribution is 2.40. The number of thiol groups is 1. The van der Waals surface area contributed by atoms with Gasteiger partial charge in [-0.15, -0.1) is 11.6 Å². The maximum Gasteiger partial charge on any atom is 0.0622 e. The Hall–Kier alpha value is -0.180. The van der Waals surface area contributed by atoms with Gasteiger partial charge in [0.2, 0.25) is 0 Å². The summed E-state index contributed by atoms with van der Waals surface area (Å²) in [4.78, 5) is 0. The van der Waals surface area contributed by atoms with Crippen LogP contribution in [0.2, 0.25) is 0 Å². The van der Waals surface area contributed by atoms with E-state index in [-0.39, 0.29) is 12.0 Å². The first-order valence-corrected chi connectivity index (χ1v) is 8.87. The van der Waals surface area contributed by atoms with Crippen molar-refractivity contribution in [3.05, 3.63) is 35.4 Å². The SMILES string of the molecule is OC(CCCl)C(c1ccccc1CS)C1CCCCC1. The average Bonchev–Trinajstić information content (AvgIpc) is 2.49. The Morgan fingerprint density at radius 2 is 1.90 bits per heavy atom. The van der Waals surface area contributed by atoms with Crippen molar-refractivity contribution in [3.63, 3.8) is 0 Å². The van der Waals surface area contributed by atoms with Crippen molar-refractivity contribution in [3.8, 4) is 0 Å². The molecule has 0 amide bonds. The monoisotopic (exact) mass is 312 g/mol. The first kappa shape index (κ1) is 16.2. The Morgan fingerprint density at radius 1 is 1.20 bits per heavy atom. The Labute approximate surface area is 133 Å². The van der Waals surface area contributed by atoms with Crippen molar-refractivity contribution in [2.75, 3.05) is 5.88 Å². The molecular weight excluding hydrogens is 288 g/mol. The van der Waals surface area contributed by atoms with E-state index < -0.39 is 0 Å². The van der Waals surface area contributed by atoms with Crippen LogP contribution in [0.15, 0.2) is 24.3 Å². The first-order valence-electron chi connectivity index (χ1n) is 7.70. The summed E-state index contributed by atoms with van der Waals surface area (Å²) in [5.74, 6) is 2.06. The number of halogens is 1. The number of alkyl halides is 1. The smallest absolute Gasteiger partial charge is 0.0622 e. The predicted octanol–water partition coefficient (Wildman–Crippen LogP) is 4.77. The summed E-state index contributed by atoms with van der Waals surface area (Å²) >= 11 is 10.3. The van der Waals surface area contributed by atoms with E-state index in [1.165, 1.54) is 43.2 Å². The summed E-state index contributed by atoms with van der Waals surface area (Å²) in [6.07, 6.45) is 6.70. The number of hydrogen-bond donors (Lipinski definition) is 2. The van der Waals surface area contributed by atoms with Gasteiger partial charge in [0.1, 0.15) is 0 Å². The molecule has 1 nitrogen and oxygen atoms in total. The summed E-state index contributed by atoms with van der Waals surface area (Å²) in [6.45, 7) is 0. The minimum absolute atomic E-state index is 0.220. The van der Waals surface area contributed by atoms with Crippen LogP contribution in [-0.2, 0) is 5.75 Å². The van der Waals surface area contributed by atoms with Crippen LogP contribution < -0.4 is 0 Å². The van der Waals surface area contributed by atoms with E-state index in [4.69, 9.17) is 11.6 Å². The molecule has 2 rings (SSSR count). The van der Waals surface area contributed by atoms with Crippen molar-refractivity contribution < 1.29 is 5.11 Å². The summed E-state index contributed by atoms with van der Waals surface area (Å²) in [5, 5.41) is 10.6. The van der Waals surface area contributed by atoms with Gasteiger partial charge in [-0.3, -0.25) is 0 Å². The molecule has 1 aliphatic rings. The van der Waals surface area contributed by atoms with Gasteiger partial charge in [-0.1, -0.05) is 43.5 Å². The van der Waals surface area contributed by atoms with E-state index in [2.05, 4.69) is 36.9 Å². The maximum absolute atomic E-state index is 10.6. The van der Waals surface area contributed by atoms with Gasteiger partial charge >= 0.3 is 0 Å². The summed E-state index contributed by atoms with van der Waals surface area (Å²) in [6, 6.07) is 8.43. The van der Waals surface area contributed by atoms with Gasteiger partial charge in [0.15, 0.2) is 0 Å². The number of benzene rings is 1. The third-order valence-corrected chi connectivity index (χ3v) is 5.12. The number of aliphatic hydroxyl groups is 1. The molecule has 0 heterocycles. The zero-order chi connectivity index (χ0) is 14.4. The average molecular weight is 313 g/mol. The molecule has 2 unspecified atom stereocenters. The molecule has 0 spiro atoms. The maximum atomic E-state index is 10.6. The third kappa shape index (κ3) is 3.93. The fourth-order valence-corrected chi connectivity index (χ4v) is 4.07. The molecule has 1 aromatic carbocycles. The van der Waals surface area contributed by atoms with Crippen LogP contribution >= 0.6 is 24.2 Å². The van der Waals surface area contributed by atoms with E-state index in [1.807, 2.05) is 0 Å². The van der Waals surface area contributed by atoms with Gasteiger partial charge in [-0.05, 0) is 36.3 Å². The molecule has 3 heteroatoms. The second-order valence-corrected chi connectivity index (χ2v) is 6.52. The van der Waals surface area contributed by atoms with Crippen LogP contribution in [0, 0.1) is 5.92 Å². The van der Waals surface area contributed by atoms with Crippen LogP contribution in [0.1, 0.15) is 55.6 Å². The lowest BCUT2D eigenvalue weighted by Crippen LogP contribution is -2.28. The summed E-state index contributed by atoms with van der Waals surface area (Å²) in [5.41, 5.74) is 2.53. The molecule has 0 bridgehead atoms. The largest absolute Gasteiger partial charge is 0.392 e. The highest BCUT2D eigenvalue weighted by Gasteiger charge is 2.31. The first-order chi connectivity index (χ1) is 9.77. The molecule has 0 radical (unpaired) electrons. The van der Waals surface area contributed by atoms with Gasteiger partial charge in [-0.2, -0.15) is 12.6 Å². The molecule has 0 saturated heterocycles. The molecule has 1 aromatic rings. The Balaban J connectivity index is 2.29. The second kappa shape index (κ2) is 8.31. The van der Waals surface area contributed by atoms with E-state index in [0.717, 1.165) is 5.75 Å².